The average molecular weight is 261 g/mol. The minimum Gasteiger partial charge on any atom is -0.209 e. The topological polar surface area (TPSA) is 25.8 Å². The molecule has 2 nitrogen and oxygen atoms in total. The molecule has 0 radical (unpaired) electrons. The van der Waals surface area contributed by atoms with Crippen LogP contribution in [0.1, 0.15) is 10.6 Å². The molecule has 1 aromatic heterocycles. The van der Waals surface area contributed by atoms with E-state index in [2.05, 4.69) is 39.7 Å². The molecule has 84 valence electrons. The second-order valence-electron chi connectivity index (χ2n) is 3.82. The fraction of sp³-hybridized carbons (Fsp3) is 0.0769. The van der Waals surface area contributed by atoms with E-state index in [4.69, 9.17) is 11.6 Å². The first-order chi connectivity index (χ1) is 8.31. The minimum atomic E-state index is 0.339. The zero-order valence-corrected chi connectivity index (χ0v) is 10.5. The molecule has 0 fully saturated rings. The van der Waals surface area contributed by atoms with Crippen LogP contribution >= 0.6 is 23.1 Å². The predicted molar refractivity (Wildman–Crippen MR) is 71.7 cm³/mol. The summed E-state index contributed by atoms with van der Waals surface area (Å²) in [4.78, 5) is 4.16. The largest absolute Gasteiger partial charge is 0.234 e. The Kier molecular flexibility index (Phi) is 2.79. The summed E-state index contributed by atoms with van der Waals surface area (Å²) >= 11 is 7.07. The van der Waals surface area contributed by atoms with Crippen LogP contribution in [0, 0.1) is 0 Å². The average Bonchev–Trinajstić information content (AvgIpc) is 2.75. The maximum Gasteiger partial charge on any atom is 0.234 e. The van der Waals surface area contributed by atoms with E-state index in [9.17, 15) is 0 Å². The standard InChI is InChI=1S/C13H9ClN2S/c14-13-15-12(17-16-13)8-9-5-6-10-3-1-2-4-11(10)7-9/h1-7H,8H2. The Morgan fingerprint density at radius 2 is 1.88 bits per heavy atom. The molecule has 2 aromatic carbocycles. The van der Waals surface area contributed by atoms with Gasteiger partial charge in [0.05, 0.1) is 0 Å². The van der Waals surface area contributed by atoms with Crippen LogP contribution in [0.4, 0.5) is 0 Å². The first-order valence-corrected chi connectivity index (χ1v) is 6.42. The molecule has 0 amide bonds. The molecule has 0 aliphatic rings. The highest BCUT2D eigenvalue weighted by molar-refractivity contribution is 7.05. The Morgan fingerprint density at radius 3 is 2.65 bits per heavy atom. The van der Waals surface area contributed by atoms with Crippen molar-refractivity contribution in [3.05, 3.63) is 58.3 Å². The van der Waals surface area contributed by atoms with Crippen LogP contribution in [0.15, 0.2) is 42.5 Å². The van der Waals surface area contributed by atoms with Gasteiger partial charge in [-0.2, -0.15) is 4.37 Å². The number of fused-ring (bicyclic) bond motifs is 1. The Balaban J connectivity index is 1.95. The van der Waals surface area contributed by atoms with E-state index in [1.54, 1.807) is 0 Å². The number of hydrogen-bond acceptors (Lipinski definition) is 3. The molecule has 1 heterocycles. The number of hydrogen-bond donors (Lipinski definition) is 0. The highest BCUT2D eigenvalue weighted by Gasteiger charge is 2.03. The van der Waals surface area contributed by atoms with E-state index in [1.807, 2.05) is 12.1 Å². The van der Waals surface area contributed by atoms with Gasteiger partial charge in [-0.3, -0.25) is 0 Å². The van der Waals surface area contributed by atoms with Gasteiger partial charge >= 0.3 is 0 Å². The SMILES string of the molecule is Clc1nsc(Cc2ccc3ccccc3c2)n1. The molecule has 0 aliphatic carbocycles. The number of halogens is 1. The predicted octanol–water partition coefficient (Wildman–Crippen LogP) is 3.94. The van der Waals surface area contributed by atoms with Gasteiger partial charge in [-0.05, 0) is 39.5 Å². The van der Waals surface area contributed by atoms with Gasteiger partial charge in [0.15, 0.2) is 0 Å². The Morgan fingerprint density at radius 1 is 1.06 bits per heavy atom. The summed E-state index contributed by atoms with van der Waals surface area (Å²) in [7, 11) is 0. The molecule has 4 heteroatoms. The van der Waals surface area contributed by atoms with Gasteiger partial charge in [-0.15, -0.1) is 0 Å². The Bertz CT molecular complexity index is 663. The van der Waals surface area contributed by atoms with Crippen molar-refractivity contribution in [1.29, 1.82) is 0 Å². The third-order valence-electron chi connectivity index (χ3n) is 2.61. The van der Waals surface area contributed by atoms with Gasteiger partial charge in [-0.25, -0.2) is 4.98 Å². The van der Waals surface area contributed by atoms with Crippen LogP contribution in [0.5, 0.6) is 0 Å². The van der Waals surface area contributed by atoms with Crippen molar-refractivity contribution in [1.82, 2.24) is 9.36 Å². The first kappa shape index (κ1) is 10.7. The molecule has 3 aromatic rings. The lowest BCUT2D eigenvalue weighted by Gasteiger charge is -2.01. The van der Waals surface area contributed by atoms with E-state index in [-0.39, 0.29) is 0 Å². The highest BCUT2D eigenvalue weighted by Crippen LogP contribution is 2.19. The van der Waals surface area contributed by atoms with Crippen molar-refractivity contribution in [2.45, 2.75) is 6.42 Å². The van der Waals surface area contributed by atoms with Crippen LogP contribution in [0.2, 0.25) is 5.28 Å². The first-order valence-electron chi connectivity index (χ1n) is 5.27. The van der Waals surface area contributed by atoms with Crippen molar-refractivity contribution in [3.8, 4) is 0 Å². The van der Waals surface area contributed by atoms with Crippen LogP contribution in [0.25, 0.3) is 10.8 Å². The summed E-state index contributed by atoms with van der Waals surface area (Å²) in [5, 5.41) is 3.79. The lowest BCUT2D eigenvalue weighted by Crippen LogP contribution is -1.87. The highest BCUT2D eigenvalue weighted by atomic mass is 35.5. The summed E-state index contributed by atoms with van der Waals surface area (Å²) in [6, 6.07) is 14.8. The quantitative estimate of drug-likeness (QED) is 0.698. The van der Waals surface area contributed by atoms with E-state index >= 15 is 0 Å². The van der Waals surface area contributed by atoms with Gasteiger partial charge < -0.3 is 0 Å². The molecule has 3 rings (SSSR count). The van der Waals surface area contributed by atoms with Crippen molar-refractivity contribution in [2.24, 2.45) is 0 Å². The van der Waals surface area contributed by atoms with Gasteiger partial charge in [0.1, 0.15) is 5.01 Å². The molecule has 0 N–H and O–H groups in total. The second-order valence-corrected chi connectivity index (χ2v) is 4.99. The number of benzene rings is 2. The summed E-state index contributed by atoms with van der Waals surface area (Å²) < 4.78 is 3.97. The smallest absolute Gasteiger partial charge is 0.209 e. The fourth-order valence-corrected chi connectivity index (χ4v) is 2.66. The zero-order chi connectivity index (χ0) is 11.7. The van der Waals surface area contributed by atoms with Crippen LogP contribution in [0.3, 0.4) is 0 Å². The zero-order valence-electron chi connectivity index (χ0n) is 8.93. The Hall–Kier alpha value is -1.45. The molecule has 0 unspecified atom stereocenters. The van der Waals surface area contributed by atoms with E-state index in [1.165, 1.54) is 27.9 Å². The lowest BCUT2D eigenvalue weighted by molar-refractivity contribution is 1.13. The molecule has 0 saturated heterocycles. The summed E-state index contributed by atoms with van der Waals surface area (Å²) in [5.41, 5.74) is 1.23. The maximum atomic E-state index is 5.71. The molecule has 0 aliphatic heterocycles. The second kappa shape index (κ2) is 4.43. The van der Waals surface area contributed by atoms with Gasteiger partial charge in [0, 0.05) is 6.42 Å². The van der Waals surface area contributed by atoms with Gasteiger partial charge in [0.2, 0.25) is 5.28 Å². The molecule has 0 atom stereocenters. The van der Waals surface area contributed by atoms with Crippen molar-refractivity contribution >= 4 is 33.9 Å². The van der Waals surface area contributed by atoms with Gasteiger partial charge in [-0.1, -0.05) is 42.5 Å². The fourth-order valence-electron chi connectivity index (χ4n) is 1.83. The maximum absolute atomic E-state index is 5.71. The third kappa shape index (κ3) is 2.30. The van der Waals surface area contributed by atoms with E-state index < -0.39 is 0 Å². The van der Waals surface area contributed by atoms with Crippen molar-refractivity contribution in [2.75, 3.05) is 0 Å². The summed E-state index contributed by atoms with van der Waals surface area (Å²) in [6.45, 7) is 0. The summed E-state index contributed by atoms with van der Waals surface area (Å²) in [5.74, 6) is 0. The van der Waals surface area contributed by atoms with E-state index in [0.29, 0.717) is 5.28 Å². The van der Waals surface area contributed by atoms with Crippen LogP contribution in [-0.2, 0) is 6.42 Å². The normalized spacial score (nSPS) is 10.9. The van der Waals surface area contributed by atoms with E-state index in [0.717, 1.165) is 11.4 Å². The van der Waals surface area contributed by atoms with Crippen molar-refractivity contribution in [3.63, 3.8) is 0 Å². The number of rotatable bonds is 2. The molecule has 0 spiro atoms. The molecule has 0 bridgehead atoms. The minimum absolute atomic E-state index is 0.339. The molecule has 17 heavy (non-hydrogen) atoms. The number of aromatic nitrogens is 2. The Labute approximate surface area is 108 Å². The monoisotopic (exact) mass is 260 g/mol. The summed E-state index contributed by atoms with van der Waals surface area (Å²) in [6.07, 6.45) is 0.787. The van der Waals surface area contributed by atoms with Crippen molar-refractivity contribution < 1.29 is 0 Å². The molecular formula is C13H9ClN2S. The molecule has 0 saturated carbocycles. The number of nitrogens with zero attached hydrogens (tertiary/aromatic N) is 2. The van der Waals surface area contributed by atoms with Gasteiger partial charge in [0.25, 0.3) is 0 Å². The van der Waals surface area contributed by atoms with Crippen LogP contribution < -0.4 is 0 Å². The van der Waals surface area contributed by atoms with Crippen LogP contribution in [-0.4, -0.2) is 9.36 Å². The lowest BCUT2D eigenvalue weighted by atomic mass is 10.1. The molecular weight excluding hydrogens is 252 g/mol. The third-order valence-corrected chi connectivity index (χ3v) is 3.59.